The fourth-order valence-corrected chi connectivity index (χ4v) is 4.88. The monoisotopic (exact) mass is 506 g/mol. The maximum Gasteiger partial charge on any atom is 0.172 e. The topological polar surface area (TPSA) is 104 Å². The van der Waals surface area contributed by atoms with Crippen molar-refractivity contribution in [2.45, 2.75) is 76.2 Å². The molecule has 0 fully saturated rings. The molecular formula is C31H38O6. The Morgan fingerprint density at radius 1 is 0.973 bits per heavy atom. The van der Waals surface area contributed by atoms with Crippen molar-refractivity contribution < 1.29 is 29.6 Å². The van der Waals surface area contributed by atoms with Crippen LogP contribution >= 0.6 is 0 Å². The number of methoxy groups -OCH3 is 1. The van der Waals surface area contributed by atoms with Crippen molar-refractivity contribution in [2.75, 3.05) is 13.7 Å². The molecular weight excluding hydrogens is 468 g/mol. The Hall–Kier alpha value is -3.14. The van der Waals surface area contributed by atoms with Crippen LogP contribution in [0.4, 0.5) is 0 Å². The Morgan fingerprint density at radius 2 is 1.68 bits per heavy atom. The van der Waals surface area contributed by atoms with Crippen molar-refractivity contribution in [3.8, 4) is 23.3 Å². The number of aryl methyl sites for hydroxylation is 1. The highest BCUT2D eigenvalue weighted by atomic mass is 16.5. The Bertz CT molecular complexity index is 1100. The second kappa shape index (κ2) is 14.6. The molecule has 6 nitrogen and oxygen atoms in total. The van der Waals surface area contributed by atoms with Gasteiger partial charge in [-0.25, -0.2) is 0 Å². The summed E-state index contributed by atoms with van der Waals surface area (Å²) in [6.45, 7) is 0.211. The molecule has 2 aromatic rings. The minimum atomic E-state index is -1.65. The third-order valence-corrected chi connectivity index (χ3v) is 7.06. The molecule has 0 radical (unpaired) electrons. The fourth-order valence-electron chi connectivity index (χ4n) is 4.88. The molecule has 0 saturated carbocycles. The summed E-state index contributed by atoms with van der Waals surface area (Å²) in [5.74, 6) is 5.01. The molecule has 0 heterocycles. The van der Waals surface area contributed by atoms with Crippen LogP contribution in [0.25, 0.3) is 0 Å². The van der Waals surface area contributed by atoms with Crippen LogP contribution in [-0.4, -0.2) is 46.7 Å². The van der Waals surface area contributed by atoms with Gasteiger partial charge in [0.15, 0.2) is 29.2 Å². The third-order valence-electron chi connectivity index (χ3n) is 7.06. The molecule has 0 aliphatic heterocycles. The van der Waals surface area contributed by atoms with Gasteiger partial charge in [-0.2, -0.15) is 0 Å². The van der Waals surface area contributed by atoms with Crippen molar-refractivity contribution in [1.82, 2.24) is 0 Å². The van der Waals surface area contributed by atoms with Gasteiger partial charge >= 0.3 is 0 Å². The molecule has 1 aliphatic carbocycles. The molecule has 1 aliphatic rings. The average Bonchev–Trinajstić information content (AvgIpc) is 2.92. The number of hydrogen-bond acceptors (Lipinski definition) is 6. The van der Waals surface area contributed by atoms with Gasteiger partial charge in [0.2, 0.25) is 0 Å². The van der Waals surface area contributed by atoms with Gasteiger partial charge in [-0.3, -0.25) is 9.59 Å². The van der Waals surface area contributed by atoms with Gasteiger partial charge in [0, 0.05) is 25.4 Å². The van der Waals surface area contributed by atoms with Crippen LogP contribution in [0.15, 0.2) is 42.5 Å². The summed E-state index contributed by atoms with van der Waals surface area (Å²) in [7, 11) is 1.47. The van der Waals surface area contributed by atoms with Crippen LogP contribution in [0, 0.1) is 17.8 Å². The highest BCUT2D eigenvalue weighted by Crippen LogP contribution is 2.36. The van der Waals surface area contributed by atoms with Crippen LogP contribution in [0.3, 0.4) is 0 Å². The highest BCUT2D eigenvalue weighted by Gasteiger charge is 2.30. The fraction of sp³-hybridized carbons (Fsp3) is 0.484. The lowest BCUT2D eigenvalue weighted by Crippen LogP contribution is -2.35. The lowest BCUT2D eigenvalue weighted by molar-refractivity contribution is -0.141. The van der Waals surface area contributed by atoms with E-state index in [1.165, 1.54) is 7.11 Å². The third kappa shape index (κ3) is 7.92. The Balaban J connectivity index is 1.91. The van der Waals surface area contributed by atoms with Crippen LogP contribution in [0.1, 0.15) is 80.4 Å². The minimum Gasteiger partial charge on any atom is -0.504 e. The Morgan fingerprint density at radius 3 is 2.38 bits per heavy atom. The van der Waals surface area contributed by atoms with Gasteiger partial charge in [-0.05, 0) is 48.1 Å². The van der Waals surface area contributed by atoms with Crippen LogP contribution in [0.2, 0.25) is 0 Å². The number of aromatic hydroxyl groups is 1. The van der Waals surface area contributed by atoms with Crippen molar-refractivity contribution in [3.63, 3.8) is 0 Å². The number of phenolic OH excluding ortho intramolecular Hbond substituents is 1. The van der Waals surface area contributed by atoms with E-state index in [1.54, 1.807) is 12.1 Å². The maximum atomic E-state index is 13.1. The van der Waals surface area contributed by atoms with Crippen LogP contribution < -0.4 is 4.74 Å². The molecule has 0 aromatic heterocycles. The number of carbonyl (C=O) groups is 2. The predicted octanol–water partition coefficient (Wildman–Crippen LogP) is 4.71. The largest absolute Gasteiger partial charge is 0.504 e. The molecule has 198 valence electrons. The molecule has 3 N–H and O–H groups in total. The minimum absolute atomic E-state index is 0.000349. The average molecular weight is 507 g/mol. The lowest BCUT2D eigenvalue weighted by Gasteiger charge is -2.21. The van der Waals surface area contributed by atoms with E-state index >= 15 is 0 Å². The van der Waals surface area contributed by atoms with Crippen molar-refractivity contribution in [1.29, 1.82) is 0 Å². The number of aliphatic hydroxyl groups is 2. The summed E-state index contributed by atoms with van der Waals surface area (Å²) in [5, 5.41) is 30.0. The first kappa shape index (κ1) is 28.4. The van der Waals surface area contributed by atoms with Crippen molar-refractivity contribution in [2.24, 2.45) is 5.92 Å². The van der Waals surface area contributed by atoms with Crippen LogP contribution in [0.5, 0.6) is 11.5 Å². The van der Waals surface area contributed by atoms with Gasteiger partial charge < -0.3 is 20.1 Å². The zero-order valence-corrected chi connectivity index (χ0v) is 21.6. The zero-order valence-electron chi connectivity index (χ0n) is 21.6. The molecule has 2 aromatic carbocycles. The Labute approximate surface area is 219 Å². The lowest BCUT2D eigenvalue weighted by atomic mass is 9.83. The summed E-state index contributed by atoms with van der Waals surface area (Å²) in [6.07, 6.45) is 5.09. The first-order valence-corrected chi connectivity index (χ1v) is 13.2. The van der Waals surface area contributed by atoms with Crippen molar-refractivity contribution in [3.05, 3.63) is 59.2 Å². The summed E-state index contributed by atoms with van der Waals surface area (Å²) in [6, 6.07) is 13.1. The molecule has 3 atom stereocenters. The summed E-state index contributed by atoms with van der Waals surface area (Å²) < 4.78 is 5.29. The van der Waals surface area contributed by atoms with Crippen LogP contribution in [-0.2, 0) is 16.0 Å². The second-order valence-electron chi connectivity index (χ2n) is 9.69. The first-order chi connectivity index (χ1) is 18.0. The molecule has 6 heteroatoms. The van der Waals surface area contributed by atoms with Gasteiger partial charge in [0.1, 0.15) is 0 Å². The molecule has 0 saturated heterocycles. The number of hydrogen-bond donors (Lipinski definition) is 3. The van der Waals surface area contributed by atoms with E-state index in [4.69, 9.17) is 9.84 Å². The number of carbonyl (C=O) groups excluding carboxylic acids is 2. The molecule has 37 heavy (non-hydrogen) atoms. The number of fused-ring (bicyclic) bond motifs is 1. The van der Waals surface area contributed by atoms with Gasteiger partial charge in [0.25, 0.3) is 0 Å². The van der Waals surface area contributed by atoms with E-state index in [0.29, 0.717) is 18.6 Å². The number of unbranched alkanes of at least 4 members (excludes halogenated alkanes) is 5. The molecule has 3 rings (SSSR count). The second-order valence-corrected chi connectivity index (χ2v) is 9.69. The quantitative estimate of drug-likeness (QED) is 0.245. The molecule has 0 unspecified atom stereocenters. The molecule has 0 amide bonds. The SMILES string of the molecule is COc1cc2c(cc1O)[C@H](c1ccccc1)C#CC[C@@H](CCCCCCCCO)C(=O)[C@H](O)C(=O)CC2. The highest BCUT2D eigenvalue weighted by molar-refractivity contribution is 6.06. The predicted molar refractivity (Wildman–Crippen MR) is 143 cm³/mol. The number of Topliss-reactive ketones (excluding diaryl/α,β-unsaturated/α-hetero) is 2. The van der Waals surface area contributed by atoms with E-state index in [9.17, 15) is 19.8 Å². The number of aliphatic hydroxyl groups excluding tert-OH is 2. The van der Waals surface area contributed by atoms with E-state index < -0.39 is 23.6 Å². The van der Waals surface area contributed by atoms with E-state index in [2.05, 4.69) is 11.8 Å². The standard InChI is InChI=1S/C31H38O6/c1-37-29-20-24-17-18-27(33)31(36)30(35)23(14-7-4-2-3-5-10-19-32)15-11-16-25(26(24)21-28(29)34)22-12-8-6-9-13-22/h6,8-9,12-13,20-21,23,25,31-32,34,36H,2-5,7,10,14-15,17-19H2,1H3/t23-,25+,31-/m1/s1. The van der Waals surface area contributed by atoms with Crippen molar-refractivity contribution >= 4 is 11.6 Å². The van der Waals surface area contributed by atoms with Gasteiger partial charge in [-0.15, -0.1) is 5.92 Å². The zero-order chi connectivity index (χ0) is 26.6. The number of benzene rings is 2. The van der Waals surface area contributed by atoms with E-state index in [1.807, 2.05) is 30.3 Å². The van der Waals surface area contributed by atoms with E-state index in [-0.39, 0.29) is 31.1 Å². The number of rotatable bonds is 10. The number of ketones is 2. The molecule has 0 spiro atoms. The maximum absolute atomic E-state index is 13.1. The normalized spacial score (nSPS) is 20.2. The van der Waals surface area contributed by atoms with E-state index in [0.717, 1.165) is 55.2 Å². The summed E-state index contributed by atoms with van der Waals surface area (Å²) in [4.78, 5) is 25.9. The smallest absolute Gasteiger partial charge is 0.172 e. The molecule has 0 bridgehead atoms. The van der Waals surface area contributed by atoms with Gasteiger partial charge in [-0.1, -0.05) is 68.4 Å². The number of ether oxygens (including phenoxy) is 1. The van der Waals surface area contributed by atoms with Gasteiger partial charge in [0.05, 0.1) is 13.0 Å². The summed E-state index contributed by atoms with van der Waals surface area (Å²) >= 11 is 0. The number of phenols is 1. The first-order valence-electron chi connectivity index (χ1n) is 13.2. The Kier molecular flexibility index (Phi) is 11.2. The summed E-state index contributed by atoms with van der Waals surface area (Å²) in [5.41, 5.74) is 2.52.